The van der Waals surface area contributed by atoms with Crippen LogP contribution < -0.4 is 5.32 Å². The van der Waals surface area contributed by atoms with Crippen molar-refractivity contribution in [1.29, 1.82) is 0 Å². The fraction of sp³-hybridized carbons (Fsp3) is 0.316. The van der Waals surface area contributed by atoms with E-state index < -0.39 is 0 Å². The van der Waals surface area contributed by atoms with Crippen LogP contribution in [0.15, 0.2) is 42.6 Å². The van der Waals surface area contributed by atoms with Gasteiger partial charge in [0, 0.05) is 24.9 Å². The standard InChI is InChI=1S/C19H20FN3O/c1-13-8-9-17-22-18(15-6-2-3-7-16(15)20)19(23(17)12-13)21-11-14-5-4-10-24-14/h2-3,6-9,12,14,21H,4-5,10-11H2,1H3/t14-/m0/s1. The number of pyridine rings is 1. The topological polar surface area (TPSA) is 38.6 Å². The molecule has 1 aliphatic heterocycles. The monoisotopic (exact) mass is 325 g/mol. The Morgan fingerprint density at radius 3 is 2.96 bits per heavy atom. The van der Waals surface area contributed by atoms with Crippen LogP contribution in [0, 0.1) is 12.7 Å². The van der Waals surface area contributed by atoms with E-state index in [4.69, 9.17) is 4.74 Å². The van der Waals surface area contributed by atoms with Crippen LogP contribution in [0.2, 0.25) is 0 Å². The van der Waals surface area contributed by atoms with Gasteiger partial charge in [-0.25, -0.2) is 9.37 Å². The van der Waals surface area contributed by atoms with Crippen molar-refractivity contribution in [3.05, 3.63) is 54.0 Å². The summed E-state index contributed by atoms with van der Waals surface area (Å²) in [5, 5.41) is 3.44. The molecule has 3 aromatic rings. The van der Waals surface area contributed by atoms with Gasteiger partial charge in [0.25, 0.3) is 0 Å². The lowest BCUT2D eigenvalue weighted by Crippen LogP contribution is -2.19. The number of nitrogens with zero attached hydrogens (tertiary/aromatic N) is 2. The van der Waals surface area contributed by atoms with Crippen molar-refractivity contribution in [2.24, 2.45) is 0 Å². The molecule has 0 spiro atoms. The van der Waals surface area contributed by atoms with Crippen molar-refractivity contribution in [3.63, 3.8) is 0 Å². The molecule has 4 rings (SSSR count). The highest BCUT2D eigenvalue weighted by Gasteiger charge is 2.20. The summed E-state index contributed by atoms with van der Waals surface area (Å²) < 4.78 is 22.0. The second-order valence-corrected chi connectivity index (χ2v) is 6.24. The van der Waals surface area contributed by atoms with Crippen LogP contribution in [0.1, 0.15) is 18.4 Å². The number of fused-ring (bicyclic) bond motifs is 1. The van der Waals surface area contributed by atoms with E-state index in [1.165, 1.54) is 6.07 Å². The minimum Gasteiger partial charge on any atom is -0.376 e. The first-order valence-electron chi connectivity index (χ1n) is 8.31. The Balaban J connectivity index is 1.79. The molecule has 4 nitrogen and oxygen atoms in total. The third-order valence-electron chi connectivity index (χ3n) is 4.42. The predicted octanol–water partition coefficient (Wildman–Crippen LogP) is 4.04. The van der Waals surface area contributed by atoms with Crippen molar-refractivity contribution in [3.8, 4) is 11.3 Å². The molecule has 1 aliphatic rings. The Labute approximate surface area is 140 Å². The highest BCUT2D eigenvalue weighted by Crippen LogP contribution is 2.31. The summed E-state index contributed by atoms with van der Waals surface area (Å²) in [4.78, 5) is 4.65. The van der Waals surface area contributed by atoms with Gasteiger partial charge in [0.1, 0.15) is 23.0 Å². The van der Waals surface area contributed by atoms with E-state index in [1.54, 1.807) is 12.1 Å². The lowest BCUT2D eigenvalue weighted by Gasteiger charge is -2.13. The van der Waals surface area contributed by atoms with E-state index in [1.807, 2.05) is 35.7 Å². The zero-order valence-electron chi connectivity index (χ0n) is 13.6. The van der Waals surface area contributed by atoms with Crippen LogP contribution in [0.4, 0.5) is 10.2 Å². The molecular weight excluding hydrogens is 305 g/mol. The number of anilines is 1. The fourth-order valence-electron chi connectivity index (χ4n) is 3.18. The highest BCUT2D eigenvalue weighted by molar-refractivity contribution is 5.77. The summed E-state index contributed by atoms with van der Waals surface area (Å²) in [5.74, 6) is 0.548. The smallest absolute Gasteiger partial charge is 0.139 e. The number of aryl methyl sites for hydroxylation is 1. The number of aromatic nitrogens is 2. The maximum atomic E-state index is 14.3. The van der Waals surface area contributed by atoms with Gasteiger partial charge >= 0.3 is 0 Å². The third kappa shape index (κ3) is 2.76. The second-order valence-electron chi connectivity index (χ2n) is 6.24. The second kappa shape index (κ2) is 6.24. The minimum atomic E-state index is -0.266. The van der Waals surface area contributed by atoms with E-state index in [9.17, 15) is 4.39 Å². The molecule has 0 amide bonds. The van der Waals surface area contributed by atoms with Gasteiger partial charge in [0.15, 0.2) is 0 Å². The molecule has 1 aromatic carbocycles. The number of benzene rings is 1. The molecule has 3 heterocycles. The van der Waals surface area contributed by atoms with E-state index in [0.29, 0.717) is 17.8 Å². The van der Waals surface area contributed by atoms with Crippen molar-refractivity contribution in [2.45, 2.75) is 25.9 Å². The van der Waals surface area contributed by atoms with Gasteiger partial charge in [-0.3, -0.25) is 4.40 Å². The van der Waals surface area contributed by atoms with Crippen molar-refractivity contribution >= 4 is 11.5 Å². The van der Waals surface area contributed by atoms with Gasteiger partial charge in [0.05, 0.1) is 6.10 Å². The Hall–Kier alpha value is -2.40. The molecule has 24 heavy (non-hydrogen) atoms. The number of nitrogens with one attached hydrogen (secondary N) is 1. The molecule has 1 atom stereocenters. The first-order chi connectivity index (χ1) is 11.7. The molecule has 1 saturated heterocycles. The molecule has 124 valence electrons. The van der Waals surface area contributed by atoms with Crippen molar-refractivity contribution < 1.29 is 9.13 Å². The number of ether oxygens (including phenoxy) is 1. The largest absolute Gasteiger partial charge is 0.376 e. The Bertz CT molecular complexity index is 868. The minimum absolute atomic E-state index is 0.203. The fourth-order valence-corrected chi connectivity index (χ4v) is 3.18. The molecule has 1 fully saturated rings. The summed E-state index contributed by atoms with van der Waals surface area (Å²) in [7, 11) is 0. The zero-order valence-corrected chi connectivity index (χ0v) is 13.6. The molecule has 5 heteroatoms. The number of imidazole rings is 1. The van der Waals surface area contributed by atoms with Gasteiger partial charge in [-0.2, -0.15) is 0 Å². The van der Waals surface area contributed by atoms with Crippen molar-refractivity contribution in [2.75, 3.05) is 18.5 Å². The average Bonchev–Trinajstić information content (AvgIpc) is 3.21. The molecule has 2 aromatic heterocycles. The highest BCUT2D eigenvalue weighted by atomic mass is 19.1. The Kier molecular flexibility index (Phi) is 3.94. The molecule has 1 N–H and O–H groups in total. The number of rotatable bonds is 4. The van der Waals surface area contributed by atoms with Gasteiger partial charge in [0.2, 0.25) is 0 Å². The zero-order chi connectivity index (χ0) is 16.5. The number of halogens is 1. The predicted molar refractivity (Wildman–Crippen MR) is 92.8 cm³/mol. The summed E-state index contributed by atoms with van der Waals surface area (Å²) in [6, 6.07) is 10.7. The van der Waals surface area contributed by atoms with Gasteiger partial charge < -0.3 is 10.1 Å². The SMILES string of the molecule is Cc1ccc2nc(-c3ccccc3F)c(NC[C@@H]3CCCO3)n2c1. The quantitative estimate of drug-likeness (QED) is 0.787. The van der Waals surface area contributed by atoms with Crippen LogP contribution in [-0.2, 0) is 4.74 Å². The molecule has 0 aliphatic carbocycles. The summed E-state index contributed by atoms with van der Waals surface area (Å²) in [6.45, 7) is 3.55. The molecule has 0 saturated carbocycles. The van der Waals surface area contributed by atoms with E-state index in [0.717, 1.165) is 36.5 Å². The van der Waals surface area contributed by atoms with Crippen LogP contribution in [0.3, 0.4) is 0 Å². The Morgan fingerprint density at radius 1 is 1.29 bits per heavy atom. The maximum absolute atomic E-state index is 14.3. The van der Waals surface area contributed by atoms with E-state index in [-0.39, 0.29) is 11.9 Å². The lowest BCUT2D eigenvalue weighted by atomic mass is 10.1. The summed E-state index contributed by atoms with van der Waals surface area (Å²) >= 11 is 0. The van der Waals surface area contributed by atoms with E-state index in [2.05, 4.69) is 10.3 Å². The number of hydrogen-bond acceptors (Lipinski definition) is 3. The van der Waals surface area contributed by atoms with Gasteiger partial charge in [-0.15, -0.1) is 0 Å². The van der Waals surface area contributed by atoms with E-state index >= 15 is 0 Å². The number of hydrogen-bond donors (Lipinski definition) is 1. The third-order valence-corrected chi connectivity index (χ3v) is 4.42. The summed E-state index contributed by atoms with van der Waals surface area (Å²) in [5.41, 5.74) is 3.07. The molecule has 0 unspecified atom stereocenters. The van der Waals surface area contributed by atoms with Gasteiger partial charge in [-0.1, -0.05) is 18.2 Å². The van der Waals surface area contributed by atoms with Crippen molar-refractivity contribution in [1.82, 2.24) is 9.38 Å². The van der Waals surface area contributed by atoms with Crippen LogP contribution in [0.5, 0.6) is 0 Å². The first kappa shape index (κ1) is 15.1. The average molecular weight is 325 g/mol. The molecule has 0 bridgehead atoms. The molecular formula is C19H20FN3O. The summed E-state index contributed by atoms with van der Waals surface area (Å²) in [6.07, 6.45) is 4.37. The maximum Gasteiger partial charge on any atom is 0.139 e. The first-order valence-corrected chi connectivity index (χ1v) is 8.31. The molecule has 0 radical (unpaired) electrons. The van der Waals surface area contributed by atoms with Crippen LogP contribution >= 0.6 is 0 Å². The van der Waals surface area contributed by atoms with Gasteiger partial charge in [-0.05, 0) is 43.5 Å². The lowest BCUT2D eigenvalue weighted by molar-refractivity contribution is 0.120. The Morgan fingerprint density at radius 2 is 2.17 bits per heavy atom. The van der Waals surface area contributed by atoms with Crippen LogP contribution in [-0.4, -0.2) is 28.6 Å². The normalized spacial score (nSPS) is 17.5. The van der Waals surface area contributed by atoms with Crippen LogP contribution in [0.25, 0.3) is 16.9 Å².